The standard InChI is InChI=1S/C16H28N2O3SSi2/c1-8-9-11-10-22-15-12(17-23(2,3)4)14(19)18(15)13(11)16(20)21-24(5,6)7/h8-9,12,15,17H,10H2,1-7H3/t12?,15-/m0/s1. The minimum atomic E-state index is -2.02. The molecule has 2 rings (SSSR count). The summed E-state index contributed by atoms with van der Waals surface area (Å²) < 4.78 is 5.68. The first kappa shape index (κ1) is 19.5. The number of nitrogens with one attached hydrogen (secondary N) is 1. The molecule has 0 spiro atoms. The summed E-state index contributed by atoms with van der Waals surface area (Å²) in [6.07, 6.45) is 3.82. The normalized spacial score (nSPS) is 25.0. The molecular weight excluding hydrogens is 356 g/mol. The highest BCUT2D eigenvalue weighted by atomic mass is 32.2. The second kappa shape index (κ2) is 6.82. The Labute approximate surface area is 151 Å². The fourth-order valence-electron chi connectivity index (χ4n) is 2.75. The van der Waals surface area contributed by atoms with Crippen molar-refractivity contribution < 1.29 is 14.0 Å². The summed E-state index contributed by atoms with van der Waals surface area (Å²) in [5.41, 5.74) is 1.32. The predicted molar refractivity (Wildman–Crippen MR) is 105 cm³/mol. The number of amides is 1. The Bertz CT molecular complexity index is 605. The van der Waals surface area contributed by atoms with Gasteiger partial charge in [0.05, 0.1) is 0 Å². The maximum atomic E-state index is 12.7. The largest absolute Gasteiger partial charge is 0.515 e. The Kier molecular flexibility index (Phi) is 5.53. The molecule has 2 aliphatic heterocycles. The van der Waals surface area contributed by atoms with Gasteiger partial charge in [-0.15, -0.1) is 11.8 Å². The van der Waals surface area contributed by atoms with Gasteiger partial charge in [-0.2, -0.15) is 0 Å². The van der Waals surface area contributed by atoms with Crippen LogP contribution >= 0.6 is 11.8 Å². The summed E-state index contributed by atoms with van der Waals surface area (Å²) in [7, 11) is -3.60. The maximum absolute atomic E-state index is 12.7. The first-order chi connectivity index (χ1) is 10.9. The van der Waals surface area contributed by atoms with Crippen LogP contribution in [0.4, 0.5) is 0 Å². The summed E-state index contributed by atoms with van der Waals surface area (Å²) in [5, 5.41) is -0.0117. The van der Waals surface area contributed by atoms with Gasteiger partial charge in [-0.3, -0.25) is 9.69 Å². The SMILES string of the molecule is CC=CC1=C(C(=O)O[Si](C)(C)C)N2C(=O)C(N[Si](C)(C)C)[C@@H]2SC1. The number of nitrogens with zero attached hydrogens (tertiary/aromatic N) is 1. The quantitative estimate of drug-likeness (QED) is 0.583. The molecule has 0 aromatic heterocycles. The second-order valence-corrected chi connectivity index (χ2v) is 18.5. The van der Waals surface area contributed by atoms with Crippen molar-refractivity contribution in [3.63, 3.8) is 0 Å². The summed E-state index contributed by atoms with van der Waals surface area (Å²) in [4.78, 5) is 30.6. The highest BCUT2D eigenvalue weighted by Gasteiger charge is 2.54. The van der Waals surface area contributed by atoms with E-state index in [1.54, 1.807) is 16.7 Å². The molecule has 0 radical (unpaired) electrons. The van der Waals surface area contributed by atoms with Crippen molar-refractivity contribution in [3.8, 4) is 0 Å². The van der Waals surface area contributed by atoms with Gasteiger partial charge in [-0.05, 0) is 32.1 Å². The highest BCUT2D eigenvalue weighted by Crippen LogP contribution is 2.41. The molecule has 1 N–H and O–H groups in total. The van der Waals surface area contributed by atoms with Gasteiger partial charge in [0, 0.05) is 5.75 Å². The van der Waals surface area contributed by atoms with Gasteiger partial charge < -0.3 is 9.41 Å². The van der Waals surface area contributed by atoms with E-state index in [-0.39, 0.29) is 23.3 Å². The van der Waals surface area contributed by atoms with Crippen LogP contribution in [0.3, 0.4) is 0 Å². The number of carbonyl (C=O) groups is 2. The summed E-state index contributed by atoms with van der Waals surface area (Å²) in [6, 6.07) is -0.191. The van der Waals surface area contributed by atoms with Crippen molar-refractivity contribution >= 4 is 40.2 Å². The molecule has 24 heavy (non-hydrogen) atoms. The van der Waals surface area contributed by atoms with E-state index in [0.29, 0.717) is 5.70 Å². The number of hydrogen-bond acceptors (Lipinski definition) is 5. The van der Waals surface area contributed by atoms with Gasteiger partial charge in [-0.25, -0.2) is 4.79 Å². The minimum Gasteiger partial charge on any atom is -0.515 e. The maximum Gasteiger partial charge on any atom is 0.342 e. The molecule has 1 amide bonds. The minimum absolute atomic E-state index is 0.0117. The fraction of sp³-hybridized carbons (Fsp3) is 0.625. The van der Waals surface area contributed by atoms with Crippen LogP contribution in [0.25, 0.3) is 0 Å². The van der Waals surface area contributed by atoms with Gasteiger partial charge in [0.2, 0.25) is 14.2 Å². The first-order valence-corrected chi connectivity index (χ1v) is 16.2. The van der Waals surface area contributed by atoms with Crippen molar-refractivity contribution in [2.45, 2.75) is 57.6 Å². The number of fused-ring (bicyclic) bond motifs is 1. The van der Waals surface area contributed by atoms with Crippen LogP contribution in [-0.2, 0) is 14.0 Å². The van der Waals surface area contributed by atoms with E-state index in [4.69, 9.17) is 4.43 Å². The lowest BCUT2D eigenvalue weighted by molar-refractivity contribution is -0.147. The van der Waals surface area contributed by atoms with Gasteiger partial charge in [0.1, 0.15) is 25.3 Å². The summed E-state index contributed by atoms with van der Waals surface area (Å²) in [5.74, 6) is 0.352. The van der Waals surface area contributed by atoms with Crippen molar-refractivity contribution in [2.75, 3.05) is 5.75 Å². The van der Waals surface area contributed by atoms with Crippen LogP contribution in [0.2, 0.25) is 39.3 Å². The molecule has 0 aliphatic carbocycles. The Hall–Kier alpha value is -0.836. The smallest absolute Gasteiger partial charge is 0.342 e. The summed E-state index contributed by atoms with van der Waals surface area (Å²) >= 11 is 1.71. The van der Waals surface area contributed by atoms with Gasteiger partial charge in [-0.1, -0.05) is 31.8 Å². The van der Waals surface area contributed by atoms with E-state index in [0.717, 1.165) is 11.3 Å². The van der Waals surface area contributed by atoms with Gasteiger partial charge in [0.25, 0.3) is 0 Å². The molecule has 2 aliphatic rings. The zero-order valence-corrected chi connectivity index (χ0v) is 18.4. The van der Waals surface area contributed by atoms with E-state index in [1.807, 2.05) is 38.7 Å². The van der Waals surface area contributed by atoms with Crippen molar-refractivity contribution in [1.82, 2.24) is 9.88 Å². The van der Waals surface area contributed by atoms with Gasteiger partial charge >= 0.3 is 5.97 Å². The number of rotatable bonds is 5. The molecule has 2 atom stereocenters. The van der Waals surface area contributed by atoms with E-state index in [9.17, 15) is 9.59 Å². The molecule has 8 heteroatoms. The third-order valence-corrected chi connectivity index (χ3v) is 6.82. The Balaban J connectivity index is 2.31. The number of hydrogen-bond donors (Lipinski definition) is 1. The zero-order chi connectivity index (χ0) is 18.3. The van der Waals surface area contributed by atoms with Crippen LogP contribution < -0.4 is 4.98 Å². The molecule has 0 aromatic rings. The molecule has 134 valence electrons. The lowest BCUT2D eigenvalue weighted by Gasteiger charge is -2.51. The first-order valence-electron chi connectivity index (χ1n) is 8.26. The average molecular weight is 385 g/mol. The van der Waals surface area contributed by atoms with Crippen LogP contribution in [-0.4, -0.2) is 50.5 Å². The lowest BCUT2D eigenvalue weighted by Crippen LogP contribution is -2.73. The molecule has 5 nitrogen and oxygen atoms in total. The van der Waals surface area contributed by atoms with E-state index >= 15 is 0 Å². The highest BCUT2D eigenvalue weighted by molar-refractivity contribution is 8.00. The van der Waals surface area contributed by atoms with E-state index in [2.05, 4.69) is 24.6 Å². The van der Waals surface area contributed by atoms with E-state index < -0.39 is 16.6 Å². The third-order valence-electron chi connectivity index (χ3n) is 3.55. The monoisotopic (exact) mass is 384 g/mol. The van der Waals surface area contributed by atoms with Gasteiger partial charge in [0.15, 0.2) is 0 Å². The number of thioether (sulfide) groups is 1. The molecule has 0 bridgehead atoms. The number of allylic oxidation sites excluding steroid dienone is 2. The van der Waals surface area contributed by atoms with Crippen molar-refractivity contribution in [3.05, 3.63) is 23.4 Å². The summed E-state index contributed by atoms with van der Waals surface area (Å²) in [6.45, 7) is 14.4. The molecule has 1 unspecified atom stereocenters. The average Bonchev–Trinajstić information content (AvgIpc) is 2.41. The van der Waals surface area contributed by atoms with Crippen molar-refractivity contribution in [1.29, 1.82) is 0 Å². The predicted octanol–water partition coefficient (Wildman–Crippen LogP) is 2.90. The Morgan fingerprint density at radius 1 is 1.29 bits per heavy atom. The Morgan fingerprint density at radius 3 is 2.42 bits per heavy atom. The molecule has 0 saturated carbocycles. The molecule has 0 aromatic carbocycles. The number of β-lactam (4-membered cyclic amide) rings is 1. The topological polar surface area (TPSA) is 58.6 Å². The fourth-order valence-corrected chi connectivity index (χ4v) is 6.06. The molecule has 2 heterocycles. The lowest BCUT2D eigenvalue weighted by atomic mass is 10.0. The van der Waals surface area contributed by atoms with Crippen molar-refractivity contribution in [2.24, 2.45) is 0 Å². The number of carbonyl (C=O) groups excluding carboxylic acids is 2. The third kappa shape index (κ3) is 4.22. The second-order valence-electron chi connectivity index (χ2n) is 8.16. The van der Waals surface area contributed by atoms with Crippen LogP contribution in [0.5, 0.6) is 0 Å². The molecular formula is C16H28N2O3SSi2. The molecule has 1 fully saturated rings. The Morgan fingerprint density at radius 2 is 1.92 bits per heavy atom. The zero-order valence-electron chi connectivity index (χ0n) is 15.6. The van der Waals surface area contributed by atoms with Crippen LogP contribution in [0, 0.1) is 0 Å². The molecule has 1 saturated heterocycles. The van der Waals surface area contributed by atoms with E-state index in [1.165, 1.54) is 0 Å². The van der Waals surface area contributed by atoms with Crippen LogP contribution in [0.15, 0.2) is 23.4 Å². The van der Waals surface area contributed by atoms with Crippen LogP contribution in [0.1, 0.15) is 6.92 Å².